The molecule has 0 spiro atoms. The lowest BCUT2D eigenvalue weighted by atomic mass is 9.90. The molecule has 142 valence electrons. The Kier molecular flexibility index (Phi) is 5.59. The topological polar surface area (TPSA) is 76.2 Å². The largest absolute Gasteiger partial charge is 0.507 e. The number of aryl methyl sites for hydroxylation is 2. The van der Waals surface area contributed by atoms with Gasteiger partial charge in [-0.2, -0.15) is 0 Å². The number of nitrogens with zero attached hydrogens (tertiary/aromatic N) is 1. The molecule has 4 nitrogen and oxygen atoms in total. The monoisotopic (exact) mass is 372 g/mol. The molecule has 0 bridgehead atoms. The van der Waals surface area contributed by atoms with E-state index in [0.717, 1.165) is 34.4 Å². The minimum atomic E-state index is -0.661. The van der Waals surface area contributed by atoms with Gasteiger partial charge in [0.15, 0.2) is 0 Å². The van der Waals surface area contributed by atoms with Crippen molar-refractivity contribution in [2.45, 2.75) is 27.2 Å². The van der Waals surface area contributed by atoms with Crippen LogP contribution in [0.4, 0.5) is 0 Å². The first-order valence-electron chi connectivity index (χ1n) is 9.31. The predicted octanol–water partition coefficient (Wildman–Crippen LogP) is 4.88. The third kappa shape index (κ3) is 3.67. The Labute approximate surface area is 165 Å². The highest BCUT2D eigenvalue weighted by molar-refractivity contribution is 5.97. The zero-order valence-corrected chi connectivity index (χ0v) is 16.4. The third-order valence-electron chi connectivity index (χ3n) is 4.95. The van der Waals surface area contributed by atoms with Gasteiger partial charge in [0, 0.05) is 23.0 Å². The van der Waals surface area contributed by atoms with Crippen LogP contribution in [0.15, 0.2) is 60.8 Å². The fraction of sp³-hybridized carbons (Fsp3) is 0.167. The lowest BCUT2D eigenvalue weighted by Crippen LogP contribution is -2.11. The van der Waals surface area contributed by atoms with Crippen molar-refractivity contribution in [2.75, 3.05) is 0 Å². The van der Waals surface area contributed by atoms with Crippen LogP contribution in [0, 0.1) is 6.92 Å². The second-order valence-corrected chi connectivity index (χ2v) is 6.67. The Hall–Kier alpha value is -3.40. The molecular weight excluding hydrogens is 348 g/mol. The second kappa shape index (κ2) is 8.09. The van der Waals surface area contributed by atoms with Crippen LogP contribution in [-0.4, -0.2) is 16.0 Å². The molecule has 0 aliphatic carbocycles. The summed E-state index contributed by atoms with van der Waals surface area (Å²) in [5.41, 5.74) is 12.7. The van der Waals surface area contributed by atoms with Crippen LogP contribution in [0.3, 0.4) is 0 Å². The van der Waals surface area contributed by atoms with E-state index < -0.39 is 5.91 Å². The highest BCUT2D eigenvalue weighted by atomic mass is 16.3. The summed E-state index contributed by atoms with van der Waals surface area (Å²) in [6, 6.07) is 15.3. The van der Waals surface area contributed by atoms with Gasteiger partial charge in [-0.05, 0) is 60.7 Å². The number of carbonyl (C=O) groups is 1. The SMILES string of the molecule is C/C=C(/c1ccccc1CC)c1cc(-c2ccc(O)c(C(N)=O)c2)cnc1C. The summed E-state index contributed by atoms with van der Waals surface area (Å²) in [5.74, 6) is -0.784. The van der Waals surface area contributed by atoms with Crippen molar-refractivity contribution in [3.8, 4) is 16.9 Å². The maximum Gasteiger partial charge on any atom is 0.252 e. The Morgan fingerprint density at radius 3 is 2.46 bits per heavy atom. The number of hydrogen-bond donors (Lipinski definition) is 2. The number of phenols is 1. The standard InChI is InChI=1S/C24H24N2O2/c1-4-16-8-6-7-9-20(16)19(5-2)21-13-18(14-26-15(21)3)17-10-11-23(27)22(12-17)24(25)28/h5-14,27H,4H2,1-3H3,(H2,25,28)/b19-5-. The molecule has 2 aromatic carbocycles. The summed E-state index contributed by atoms with van der Waals surface area (Å²) in [6.07, 6.45) is 4.82. The van der Waals surface area contributed by atoms with E-state index >= 15 is 0 Å². The first-order chi connectivity index (χ1) is 13.5. The van der Waals surface area contributed by atoms with E-state index in [9.17, 15) is 9.90 Å². The summed E-state index contributed by atoms with van der Waals surface area (Å²) < 4.78 is 0. The molecule has 0 aliphatic heterocycles. The number of carbonyl (C=O) groups excluding carboxylic acids is 1. The van der Waals surface area contributed by atoms with E-state index in [1.54, 1.807) is 18.3 Å². The molecule has 0 saturated heterocycles. The summed E-state index contributed by atoms with van der Waals surface area (Å²) in [4.78, 5) is 16.2. The Balaban J connectivity index is 2.14. The minimum absolute atomic E-state index is 0.0993. The molecule has 1 aromatic heterocycles. The van der Waals surface area contributed by atoms with Crippen LogP contribution in [0.25, 0.3) is 16.7 Å². The van der Waals surface area contributed by atoms with Gasteiger partial charge < -0.3 is 10.8 Å². The van der Waals surface area contributed by atoms with Crippen LogP contribution < -0.4 is 5.73 Å². The van der Waals surface area contributed by atoms with E-state index in [2.05, 4.69) is 42.2 Å². The molecule has 0 aliphatic rings. The van der Waals surface area contributed by atoms with E-state index in [-0.39, 0.29) is 11.3 Å². The molecular formula is C24H24N2O2. The first-order valence-corrected chi connectivity index (χ1v) is 9.31. The zero-order valence-electron chi connectivity index (χ0n) is 16.4. The molecule has 0 atom stereocenters. The van der Waals surface area contributed by atoms with Crippen LogP contribution in [-0.2, 0) is 6.42 Å². The van der Waals surface area contributed by atoms with Gasteiger partial charge in [0.1, 0.15) is 5.75 Å². The average Bonchev–Trinajstić information content (AvgIpc) is 2.70. The highest BCUT2D eigenvalue weighted by Gasteiger charge is 2.14. The van der Waals surface area contributed by atoms with Gasteiger partial charge >= 0.3 is 0 Å². The fourth-order valence-corrected chi connectivity index (χ4v) is 3.42. The number of primary amides is 1. The number of hydrogen-bond acceptors (Lipinski definition) is 3. The van der Waals surface area contributed by atoms with Crippen molar-refractivity contribution in [1.29, 1.82) is 0 Å². The van der Waals surface area contributed by atoms with Crippen LogP contribution in [0.1, 0.15) is 46.6 Å². The van der Waals surface area contributed by atoms with Gasteiger partial charge in [0.25, 0.3) is 5.91 Å². The van der Waals surface area contributed by atoms with Crippen LogP contribution >= 0.6 is 0 Å². The molecule has 3 N–H and O–H groups in total. The van der Waals surface area contributed by atoms with Gasteiger partial charge in [0.05, 0.1) is 5.56 Å². The molecule has 3 aromatic rings. The Bertz CT molecular complexity index is 1070. The maximum absolute atomic E-state index is 11.6. The highest BCUT2D eigenvalue weighted by Crippen LogP contribution is 2.32. The fourth-order valence-electron chi connectivity index (χ4n) is 3.42. The van der Waals surface area contributed by atoms with E-state index in [1.807, 2.05) is 19.9 Å². The molecule has 28 heavy (non-hydrogen) atoms. The molecule has 1 amide bonds. The number of rotatable bonds is 5. The summed E-state index contributed by atoms with van der Waals surface area (Å²) in [5, 5.41) is 9.86. The van der Waals surface area contributed by atoms with Gasteiger partial charge in [-0.3, -0.25) is 9.78 Å². The summed E-state index contributed by atoms with van der Waals surface area (Å²) >= 11 is 0. The zero-order chi connectivity index (χ0) is 20.3. The van der Waals surface area contributed by atoms with Gasteiger partial charge in [0.2, 0.25) is 0 Å². The quantitative estimate of drug-likeness (QED) is 0.670. The van der Waals surface area contributed by atoms with Crippen LogP contribution in [0.2, 0.25) is 0 Å². The van der Waals surface area contributed by atoms with Gasteiger partial charge in [-0.25, -0.2) is 0 Å². The number of aromatic hydroxyl groups is 1. The molecule has 0 saturated carbocycles. The smallest absolute Gasteiger partial charge is 0.252 e. The van der Waals surface area contributed by atoms with E-state index in [1.165, 1.54) is 17.2 Å². The molecule has 0 fully saturated rings. The Morgan fingerprint density at radius 1 is 1.07 bits per heavy atom. The van der Waals surface area contributed by atoms with Crippen LogP contribution in [0.5, 0.6) is 5.75 Å². The van der Waals surface area contributed by atoms with Crippen molar-refractivity contribution >= 4 is 11.5 Å². The summed E-state index contributed by atoms with van der Waals surface area (Å²) in [7, 11) is 0. The maximum atomic E-state index is 11.6. The lowest BCUT2D eigenvalue weighted by Gasteiger charge is -2.16. The number of allylic oxidation sites excluding steroid dienone is 1. The van der Waals surface area contributed by atoms with Crippen molar-refractivity contribution in [3.05, 3.63) is 88.8 Å². The number of benzene rings is 2. The number of nitrogens with two attached hydrogens (primary N) is 1. The molecule has 0 unspecified atom stereocenters. The minimum Gasteiger partial charge on any atom is -0.507 e. The molecule has 1 heterocycles. The average molecular weight is 372 g/mol. The van der Waals surface area contributed by atoms with Crippen molar-refractivity contribution in [3.63, 3.8) is 0 Å². The van der Waals surface area contributed by atoms with Crippen molar-refractivity contribution in [2.24, 2.45) is 5.73 Å². The van der Waals surface area contributed by atoms with Gasteiger partial charge in [-0.15, -0.1) is 0 Å². The molecule has 4 heteroatoms. The number of aromatic nitrogens is 1. The number of amides is 1. The lowest BCUT2D eigenvalue weighted by molar-refractivity contribution is 0.0998. The van der Waals surface area contributed by atoms with Crippen molar-refractivity contribution < 1.29 is 9.90 Å². The normalized spacial score (nSPS) is 11.5. The molecule has 3 rings (SSSR count). The first kappa shape index (κ1) is 19.4. The summed E-state index contributed by atoms with van der Waals surface area (Å²) in [6.45, 7) is 6.16. The van der Waals surface area contributed by atoms with E-state index in [4.69, 9.17) is 5.73 Å². The predicted molar refractivity (Wildman–Crippen MR) is 113 cm³/mol. The van der Waals surface area contributed by atoms with Gasteiger partial charge in [-0.1, -0.05) is 43.3 Å². The third-order valence-corrected chi connectivity index (χ3v) is 4.95. The van der Waals surface area contributed by atoms with Crippen molar-refractivity contribution in [1.82, 2.24) is 4.98 Å². The van der Waals surface area contributed by atoms with E-state index in [0.29, 0.717) is 0 Å². The second-order valence-electron chi connectivity index (χ2n) is 6.67. The number of pyridine rings is 1. The molecule has 0 radical (unpaired) electrons. The Morgan fingerprint density at radius 2 is 1.79 bits per heavy atom.